The summed E-state index contributed by atoms with van der Waals surface area (Å²) in [6.45, 7) is 0.665. The number of anilines is 1. The van der Waals surface area contributed by atoms with Crippen LogP contribution in [0.1, 0.15) is 42.7 Å². The van der Waals surface area contributed by atoms with Gasteiger partial charge in [-0.2, -0.15) is 5.11 Å². The highest BCUT2D eigenvalue weighted by Gasteiger charge is 2.54. The second-order valence-electron chi connectivity index (χ2n) is 9.72. The molecule has 4 atom stereocenters. The monoisotopic (exact) mass is 409 g/mol. The van der Waals surface area contributed by atoms with Crippen molar-refractivity contribution in [3.63, 3.8) is 0 Å². The second kappa shape index (κ2) is 7.01. The minimum atomic E-state index is -0.307. The number of para-hydroxylation sites is 1. The van der Waals surface area contributed by atoms with E-state index in [1.54, 1.807) is 0 Å². The minimum absolute atomic E-state index is 0.177. The van der Waals surface area contributed by atoms with Crippen LogP contribution in [0.3, 0.4) is 0 Å². The maximum atomic E-state index is 12.6. The van der Waals surface area contributed by atoms with E-state index in [1.807, 2.05) is 29.2 Å². The highest BCUT2D eigenvalue weighted by atomic mass is 16.2. The van der Waals surface area contributed by atoms with Crippen molar-refractivity contribution in [2.24, 2.45) is 17.0 Å². The van der Waals surface area contributed by atoms with E-state index < -0.39 is 0 Å². The van der Waals surface area contributed by atoms with Crippen LogP contribution in [0.5, 0.6) is 0 Å². The molecule has 1 aliphatic heterocycles. The molecule has 2 aliphatic carbocycles. The van der Waals surface area contributed by atoms with Crippen LogP contribution in [-0.4, -0.2) is 18.0 Å². The summed E-state index contributed by atoms with van der Waals surface area (Å²) in [5.41, 5.74) is 11.3. The van der Waals surface area contributed by atoms with E-state index >= 15 is 0 Å². The normalized spacial score (nSPS) is 29.0. The number of amides is 1. The van der Waals surface area contributed by atoms with Gasteiger partial charge in [-0.25, -0.2) is 5.53 Å². The van der Waals surface area contributed by atoms with E-state index in [0.717, 1.165) is 30.5 Å². The lowest BCUT2D eigenvalue weighted by atomic mass is 9.64. The Hall–Kier alpha value is -3.01. The summed E-state index contributed by atoms with van der Waals surface area (Å²) in [4.78, 5) is 14.5. The summed E-state index contributed by atoms with van der Waals surface area (Å²) in [6.07, 6.45) is 4.45. The molecule has 3 aromatic carbocycles. The van der Waals surface area contributed by atoms with Crippen LogP contribution in [0.15, 0.2) is 71.8 Å². The number of benzene rings is 3. The first-order chi connectivity index (χ1) is 15.2. The number of nitrogens with one attached hydrogen (secondary N) is 1. The number of carbonyl (C=O) groups excluding carboxylic acids is 1. The molecule has 2 fully saturated rings. The zero-order chi connectivity index (χ0) is 21.0. The summed E-state index contributed by atoms with van der Waals surface area (Å²) in [5, 5.41) is 6.79. The molecular formula is C27H27N3O. The van der Waals surface area contributed by atoms with Crippen molar-refractivity contribution in [3.05, 3.63) is 77.9 Å². The van der Waals surface area contributed by atoms with Gasteiger partial charge in [0.05, 0.1) is 12.0 Å². The number of hydrogen-bond donors (Lipinski definition) is 1. The van der Waals surface area contributed by atoms with Gasteiger partial charge in [-0.05, 0) is 71.4 Å². The molecule has 2 saturated carbocycles. The van der Waals surface area contributed by atoms with Crippen LogP contribution in [0.2, 0.25) is 0 Å². The molecule has 4 heteroatoms. The van der Waals surface area contributed by atoms with Crippen molar-refractivity contribution in [2.75, 3.05) is 11.4 Å². The van der Waals surface area contributed by atoms with Crippen LogP contribution < -0.4 is 4.90 Å². The molecule has 0 aromatic heterocycles. The van der Waals surface area contributed by atoms with Crippen molar-refractivity contribution in [2.45, 2.75) is 43.6 Å². The number of carbonyl (C=O) groups is 1. The van der Waals surface area contributed by atoms with Gasteiger partial charge in [-0.1, -0.05) is 60.7 Å². The lowest BCUT2D eigenvalue weighted by Crippen LogP contribution is -2.34. The standard InChI is InChI=1S/C27H27N3O/c28-29-27(11-12-30-25-8-4-3-7-21(25)15-26(30)31)16-22-14-23(24(22)17-27)20-10-9-18-5-1-2-6-19(18)13-20/h1-10,13,22-24,28H,11-12,14-17H2. The van der Waals surface area contributed by atoms with Gasteiger partial charge in [-0.3, -0.25) is 4.79 Å². The Morgan fingerprint density at radius 1 is 1.00 bits per heavy atom. The van der Waals surface area contributed by atoms with E-state index in [1.165, 1.54) is 22.8 Å². The highest BCUT2D eigenvalue weighted by molar-refractivity contribution is 6.01. The Morgan fingerprint density at radius 3 is 2.68 bits per heavy atom. The fourth-order valence-electron chi connectivity index (χ4n) is 6.42. The molecule has 1 heterocycles. The molecule has 0 saturated heterocycles. The molecule has 156 valence electrons. The molecule has 4 unspecified atom stereocenters. The Labute approximate surface area is 182 Å². The largest absolute Gasteiger partial charge is 0.312 e. The van der Waals surface area contributed by atoms with Crippen LogP contribution in [0.4, 0.5) is 5.69 Å². The molecule has 6 rings (SSSR count). The van der Waals surface area contributed by atoms with E-state index in [9.17, 15) is 4.79 Å². The van der Waals surface area contributed by atoms with Crippen LogP contribution >= 0.6 is 0 Å². The maximum absolute atomic E-state index is 12.6. The Balaban J connectivity index is 1.18. The molecule has 4 nitrogen and oxygen atoms in total. The fraction of sp³-hybridized carbons (Fsp3) is 0.370. The number of fused-ring (bicyclic) bond motifs is 3. The van der Waals surface area contributed by atoms with Gasteiger partial charge >= 0.3 is 0 Å². The first-order valence-electron chi connectivity index (χ1n) is 11.4. The van der Waals surface area contributed by atoms with Gasteiger partial charge in [0.15, 0.2) is 0 Å². The smallest absolute Gasteiger partial charge is 0.231 e. The van der Waals surface area contributed by atoms with Crippen molar-refractivity contribution >= 4 is 22.4 Å². The Kier molecular flexibility index (Phi) is 4.24. The van der Waals surface area contributed by atoms with Gasteiger partial charge in [0.2, 0.25) is 5.91 Å². The average Bonchev–Trinajstić information content (AvgIpc) is 3.26. The third-order valence-electron chi connectivity index (χ3n) is 8.10. The third-order valence-corrected chi connectivity index (χ3v) is 8.10. The second-order valence-corrected chi connectivity index (χ2v) is 9.72. The predicted octanol–water partition coefficient (Wildman–Crippen LogP) is 6.10. The van der Waals surface area contributed by atoms with Crippen molar-refractivity contribution in [1.82, 2.24) is 0 Å². The fourth-order valence-corrected chi connectivity index (χ4v) is 6.42. The summed E-state index contributed by atoms with van der Waals surface area (Å²) in [6, 6.07) is 23.5. The lowest BCUT2D eigenvalue weighted by Gasteiger charge is -2.40. The van der Waals surface area contributed by atoms with Gasteiger partial charge in [0.25, 0.3) is 0 Å². The summed E-state index contributed by atoms with van der Waals surface area (Å²) < 4.78 is 0. The quantitative estimate of drug-likeness (QED) is 0.508. The zero-order valence-corrected chi connectivity index (χ0v) is 17.6. The van der Waals surface area contributed by atoms with E-state index in [2.05, 4.69) is 47.6 Å². The minimum Gasteiger partial charge on any atom is -0.312 e. The highest BCUT2D eigenvalue weighted by Crippen LogP contribution is 2.60. The molecule has 31 heavy (non-hydrogen) atoms. The number of nitrogens with zero attached hydrogens (tertiary/aromatic N) is 2. The van der Waals surface area contributed by atoms with Crippen LogP contribution in [0, 0.1) is 17.4 Å². The van der Waals surface area contributed by atoms with Crippen LogP contribution in [0.25, 0.3) is 10.8 Å². The number of rotatable bonds is 5. The van der Waals surface area contributed by atoms with E-state index in [0.29, 0.717) is 30.7 Å². The molecule has 0 radical (unpaired) electrons. The molecule has 1 N–H and O–H groups in total. The van der Waals surface area contributed by atoms with Crippen molar-refractivity contribution < 1.29 is 4.79 Å². The van der Waals surface area contributed by atoms with E-state index in [-0.39, 0.29) is 11.4 Å². The van der Waals surface area contributed by atoms with Gasteiger partial charge in [0, 0.05) is 12.2 Å². The molecule has 0 bridgehead atoms. The molecule has 1 amide bonds. The van der Waals surface area contributed by atoms with Gasteiger partial charge < -0.3 is 4.90 Å². The molecule has 3 aliphatic rings. The van der Waals surface area contributed by atoms with Crippen molar-refractivity contribution in [1.29, 1.82) is 5.53 Å². The summed E-state index contributed by atoms with van der Waals surface area (Å²) in [7, 11) is 0. The number of hydrogen-bond acceptors (Lipinski definition) is 3. The van der Waals surface area contributed by atoms with Crippen LogP contribution in [-0.2, 0) is 11.2 Å². The molecule has 3 aromatic rings. The maximum Gasteiger partial charge on any atom is 0.231 e. The Morgan fingerprint density at radius 2 is 1.81 bits per heavy atom. The lowest BCUT2D eigenvalue weighted by molar-refractivity contribution is -0.117. The first-order valence-corrected chi connectivity index (χ1v) is 11.4. The topological polar surface area (TPSA) is 56.5 Å². The summed E-state index contributed by atoms with van der Waals surface area (Å²) >= 11 is 0. The van der Waals surface area contributed by atoms with Crippen molar-refractivity contribution in [3.8, 4) is 0 Å². The van der Waals surface area contributed by atoms with Gasteiger partial charge in [0.1, 0.15) is 0 Å². The Bertz CT molecular complexity index is 1190. The zero-order valence-electron chi connectivity index (χ0n) is 17.6. The van der Waals surface area contributed by atoms with Gasteiger partial charge in [-0.15, -0.1) is 0 Å². The first kappa shape index (κ1) is 18.7. The predicted molar refractivity (Wildman–Crippen MR) is 123 cm³/mol. The molecular weight excluding hydrogens is 382 g/mol. The van der Waals surface area contributed by atoms with E-state index in [4.69, 9.17) is 5.53 Å². The summed E-state index contributed by atoms with van der Waals surface area (Å²) in [5.74, 6) is 2.02. The third kappa shape index (κ3) is 3.00. The average molecular weight is 410 g/mol. The SMILES string of the molecule is N=NC1(CCN2C(=O)Cc3ccccc32)CC2CC(c3ccc4ccccc4c3)C2C1. The molecule has 0 spiro atoms.